The number of carbonyl (C=O) groups excluding carboxylic acids is 2. The molecule has 12 heteroatoms. The average Bonchev–Trinajstić information content (AvgIpc) is 3.20. The Morgan fingerprint density at radius 3 is 1.41 bits per heavy atom. The van der Waals surface area contributed by atoms with Gasteiger partial charge in [-0.25, -0.2) is 4.57 Å². The Kier molecular flexibility index (Phi) is 39.4. The van der Waals surface area contributed by atoms with E-state index in [1.807, 2.05) is 6.08 Å². The van der Waals surface area contributed by atoms with Crippen molar-refractivity contribution in [1.82, 2.24) is 0 Å². The van der Waals surface area contributed by atoms with Crippen molar-refractivity contribution in [2.75, 3.05) is 19.8 Å². The fourth-order valence-corrected chi connectivity index (χ4v) is 6.78. The van der Waals surface area contributed by atoms with E-state index < -0.39 is 51.1 Å². The minimum atomic E-state index is -4.73. The van der Waals surface area contributed by atoms with Gasteiger partial charge in [-0.3, -0.25) is 23.4 Å². The van der Waals surface area contributed by atoms with E-state index in [1.54, 1.807) is 0 Å². The molecule has 1 unspecified atom stereocenters. The second kappa shape index (κ2) is 41.2. The van der Waals surface area contributed by atoms with Gasteiger partial charge in [-0.15, -0.1) is 0 Å². The van der Waals surface area contributed by atoms with E-state index in [0.717, 1.165) is 44.9 Å². The van der Waals surface area contributed by atoms with Crippen LogP contribution in [0, 0.1) is 0 Å². The highest BCUT2D eigenvalue weighted by molar-refractivity contribution is 7.47. The highest BCUT2D eigenvalue weighted by Gasteiger charge is 2.28. The molecule has 0 saturated carbocycles. The molecule has 0 bridgehead atoms. The van der Waals surface area contributed by atoms with Crippen LogP contribution < -0.4 is 5.73 Å². The molecule has 3 atom stereocenters. The molecule has 0 amide bonds. The van der Waals surface area contributed by atoms with Crippen molar-refractivity contribution in [3.63, 3.8) is 0 Å². The Balaban J connectivity index is 4.41. The van der Waals surface area contributed by atoms with Gasteiger partial charge in [-0.2, -0.15) is 0 Å². The van der Waals surface area contributed by atoms with Gasteiger partial charge in [0, 0.05) is 12.8 Å². The van der Waals surface area contributed by atoms with Crippen LogP contribution >= 0.6 is 7.82 Å². The lowest BCUT2D eigenvalue weighted by molar-refractivity contribution is -0.161. The Bertz CT molecular complexity index is 1170. The zero-order valence-corrected chi connectivity index (χ0v) is 37.3. The molecule has 0 rings (SSSR count). The quantitative estimate of drug-likeness (QED) is 0.0231. The molecule has 0 aromatic rings. The van der Waals surface area contributed by atoms with Crippen molar-refractivity contribution in [2.45, 2.75) is 206 Å². The first kappa shape index (κ1) is 55.4. The molecule has 0 spiro atoms. The monoisotopic (exact) mass is 840 g/mol. The number of allylic oxidation sites excluding steroid dienone is 8. The first-order valence-electron chi connectivity index (χ1n) is 22.7. The zero-order valence-electron chi connectivity index (χ0n) is 36.4. The summed E-state index contributed by atoms with van der Waals surface area (Å²) in [6.07, 6.45) is 46.1. The maximum Gasteiger partial charge on any atom is 0.472 e. The highest BCUT2D eigenvalue weighted by atomic mass is 31.2. The lowest BCUT2D eigenvalue weighted by Gasteiger charge is -2.20. The number of phosphoric acid groups is 1. The molecule has 58 heavy (non-hydrogen) atoms. The van der Waals surface area contributed by atoms with Gasteiger partial charge in [0.15, 0.2) is 6.10 Å². The molecular weight excluding hydrogens is 757 g/mol. The molecule has 0 aliphatic carbocycles. The van der Waals surface area contributed by atoms with Gasteiger partial charge in [0.05, 0.1) is 13.2 Å². The molecular formula is C46H82NO10P. The molecule has 336 valence electrons. The molecule has 0 radical (unpaired) electrons. The second-order valence-corrected chi connectivity index (χ2v) is 16.6. The normalized spacial score (nSPS) is 14.1. The van der Waals surface area contributed by atoms with E-state index >= 15 is 0 Å². The number of hydrogen-bond acceptors (Lipinski definition) is 9. The molecule has 11 nitrogen and oxygen atoms in total. The van der Waals surface area contributed by atoms with Crippen molar-refractivity contribution >= 4 is 25.7 Å². The van der Waals surface area contributed by atoms with Gasteiger partial charge in [0.1, 0.15) is 12.6 Å². The second-order valence-electron chi connectivity index (χ2n) is 15.2. The average molecular weight is 840 g/mol. The van der Waals surface area contributed by atoms with Crippen molar-refractivity contribution in [3.05, 3.63) is 48.6 Å². The van der Waals surface area contributed by atoms with Crippen molar-refractivity contribution in [1.29, 1.82) is 0 Å². The van der Waals surface area contributed by atoms with Gasteiger partial charge in [-0.05, 0) is 51.4 Å². The maximum absolute atomic E-state index is 12.6. The molecule has 0 aromatic carbocycles. The number of rotatable bonds is 42. The van der Waals surface area contributed by atoms with Crippen molar-refractivity contribution in [2.24, 2.45) is 5.73 Å². The van der Waals surface area contributed by atoms with Crippen LogP contribution in [0.1, 0.15) is 194 Å². The predicted molar refractivity (Wildman–Crippen MR) is 235 cm³/mol. The van der Waals surface area contributed by atoms with Crippen molar-refractivity contribution in [3.8, 4) is 0 Å². The van der Waals surface area contributed by atoms with Crippen LogP contribution in [0.15, 0.2) is 48.6 Å². The van der Waals surface area contributed by atoms with Gasteiger partial charge in [-0.1, -0.05) is 178 Å². The van der Waals surface area contributed by atoms with Crippen LogP contribution in [0.5, 0.6) is 0 Å². The van der Waals surface area contributed by atoms with Gasteiger partial charge < -0.3 is 25.2 Å². The fourth-order valence-electron chi connectivity index (χ4n) is 6.00. The molecule has 4 N–H and O–H groups in total. The lowest BCUT2D eigenvalue weighted by atomic mass is 10.0. The number of ether oxygens (including phenoxy) is 2. The van der Waals surface area contributed by atoms with E-state index in [9.17, 15) is 23.8 Å². The number of hydrogen-bond donors (Lipinski definition) is 3. The summed E-state index contributed by atoms with van der Waals surface area (Å²) in [6.45, 7) is 2.73. The first-order chi connectivity index (χ1) is 28.1. The smallest absolute Gasteiger partial charge is 0.472 e. The summed E-state index contributed by atoms with van der Waals surface area (Å²) in [7, 11) is -4.73. The van der Waals surface area contributed by atoms with Crippen LogP contribution in [-0.2, 0) is 37.5 Å². The van der Waals surface area contributed by atoms with Crippen LogP contribution in [0.3, 0.4) is 0 Å². The number of unbranched alkanes of at least 4 members (excludes halogenated alkanes) is 20. The first-order valence-corrected chi connectivity index (χ1v) is 24.2. The standard InChI is InChI=1S/C46H82NO10P/c1-3-5-7-9-11-13-15-17-19-21-23-25-27-29-31-33-35-37-44(48)54-39-42(40-55-58(52,53)56-41-43(47)46(50)51)57-45(49)38-36-34-32-30-28-26-24-22-20-18-16-14-12-10-8-6-4-2/h11,13,17,19,23,25,29,31,42-43H,3-10,12,14-16,18,20-22,24,26-28,30,32-41,47H2,1-2H3,(H,50,51)(H,52,53)/b13-11-,19-17-,25-23-,31-29-/t42-,43+/m1/s1. The Hall–Kier alpha value is -2.56. The van der Waals surface area contributed by atoms with Crippen LogP contribution in [0.25, 0.3) is 0 Å². The third kappa shape index (κ3) is 40.2. The third-order valence-corrected chi connectivity index (χ3v) is 10.5. The lowest BCUT2D eigenvalue weighted by Crippen LogP contribution is -2.34. The third-order valence-electron chi connectivity index (χ3n) is 9.58. The van der Waals surface area contributed by atoms with Gasteiger partial charge in [0.2, 0.25) is 0 Å². The number of esters is 2. The number of nitrogens with two attached hydrogens (primary N) is 1. The summed E-state index contributed by atoms with van der Waals surface area (Å²) in [5.74, 6) is -2.44. The number of phosphoric ester groups is 1. The Morgan fingerprint density at radius 2 is 0.931 bits per heavy atom. The number of carboxylic acids is 1. The Morgan fingerprint density at radius 1 is 0.534 bits per heavy atom. The molecule has 0 aliphatic heterocycles. The number of carbonyl (C=O) groups is 3. The van der Waals surface area contributed by atoms with Crippen molar-refractivity contribution < 1.29 is 47.5 Å². The van der Waals surface area contributed by atoms with Crippen LogP contribution in [0.2, 0.25) is 0 Å². The molecule has 0 saturated heterocycles. The number of aliphatic carboxylic acids is 1. The van der Waals surface area contributed by atoms with E-state index in [0.29, 0.717) is 19.3 Å². The molecule has 0 heterocycles. The van der Waals surface area contributed by atoms with Crippen LogP contribution in [-0.4, -0.2) is 59.9 Å². The summed E-state index contributed by atoms with van der Waals surface area (Å²) in [5.41, 5.74) is 5.33. The van der Waals surface area contributed by atoms with Gasteiger partial charge in [0.25, 0.3) is 0 Å². The SMILES string of the molecule is CCCCC/C=C\C/C=C\C/C=C\C/C=C\CCCC(=O)OC[C@H](COP(=O)(O)OC[C@H](N)C(=O)O)OC(=O)CCCCCCCCCCCCCCCCCCC. The van der Waals surface area contributed by atoms with E-state index in [4.69, 9.17) is 24.8 Å². The van der Waals surface area contributed by atoms with E-state index in [1.165, 1.54) is 103 Å². The fraction of sp³-hybridized carbons (Fsp3) is 0.761. The zero-order chi connectivity index (χ0) is 42.8. The summed E-state index contributed by atoms with van der Waals surface area (Å²) in [5, 5.41) is 8.89. The molecule has 0 fully saturated rings. The maximum atomic E-state index is 12.6. The predicted octanol–water partition coefficient (Wildman–Crippen LogP) is 12.2. The Labute approximate surface area is 352 Å². The topological polar surface area (TPSA) is 172 Å². The molecule has 0 aromatic heterocycles. The highest BCUT2D eigenvalue weighted by Crippen LogP contribution is 2.43. The largest absolute Gasteiger partial charge is 0.480 e. The number of carboxylic acid groups (broad SMARTS) is 1. The minimum Gasteiger partial charge on any atom is -0.480 e. The summed E-state index contributed by atoms with van der Waals surface area (Å²) in [4.78, 5) is 46.0. The summed E-state index contributed by atoms with van der Waals surface area (Å²) >= 11 is 0. The molecule has 0 aliphatic rings. The van der Waals surface area contributed by atoms with Crippen LogP contribution in [0.4, 0.5) is 0 Å². The summed E-state index contributed by atoms with van der Waals surface area (Å²) < 4.78 is 32.7. The van der Waals surface area contributed by atoms with Gasteiger partial charge >= 0.3 is 25.7 Å². The summed E-state index contributed by atoms with van der Waals surface area (Å²) in [6, 6.07) is -1.53. The minimum absolute atomic E-state index is 0.146. The van der Waals surface area contributed by atoms with E-state index in [-0.39, 0.29) is 19.4 Å². The van der Waals surface area contributed by atoms with E-state index in [2.05, 4.69) is 60.9 Å².